The molecule has 0 aliphatic carbocycles. The number of sulfonamides is 1. The highest BCUT2D eigenvalue weighted by atomic mass is 32.2. The molecule has 0 aromatic heterocycles. The lowest BCUT2D eigenvalue weighted by atomic mass is 10.0. The lowest BCUT2D eigenvalue weighted by Crippen LogP contribution is -2.44. The number of rotatable bonds is 6. The SMILES string of the molecule is CC1CCN(S(=O)(=O)c2ccc3c(c2)N(CC(=O)N(C)Cc2ccccc2)C(=O)CS3)CC1. The molecule has 9 heteroatoms. The number of hydrogen-bond donors (Lipinski definition) is 0. The summed E-state index contributed by atoms with van der Waals surface area (Å²) in [7, 11) is -1.95. The number of fused-ring (bicyclic) bond motifs is 1. The predicted octanol–water partition coefficient (Wildman–Crippen LogP) is 3.20. The molecule has 2 aromatic rings. The molecular weight excluding hydrogens is 458 g/mol. The highest BCUT2D eigenvalue weighted by Crippen LogP contribution is 2.37. The average Bonchev–Trinajstić information content (AvgIpc) is 2.81. The maximum atomic E-state index is 13.2. The number of hydrogen-bond acceptors (Lipinski definition) is 5. The molecule has 7 nitrogen and oxygen atoms in total. The van der Waals surface area contributed by atoms with Gasteiger partial charge in [0.15, 0.2) is 0 Å². The van der Waals surface area contributed by atoms with Gasteiger partial charge in [-0.1, -0.05) is 37.3 Å². The molecule has 2 heterocycles. The summed E-state index contributed by atoms with van der Waals surface area (Å²) >= 11 is 1.37. The van der Waals surface area contributed by atoms with E-state index in [4.69, 9.17) is 0 Å². The fourth-order valence-corrected chi connectivity index (χ4v) is 6.50. The first kappa shape index (κ1) is 23.8. The molecule has 0 atom stereocenters. The van der Waals surface area contributed by atoms with Crippen molar-refractivity contribution in [3.05, 3.63) is 54.1 Å². The topological polar surface area (TPSA) is 78.0 Å². The van der Waals surface area contributed by atoms with E-state index < -0.39 is 10.0 Å². The first-order valence-electron chi connectivity index (χ1n) is 11.1. The van der Waals surface area contributed by atoms with Crippen LogP contribution in [0.2, 0.25) is 0 Å². The fraction of sp³-hybridized carbons (Fsp3) is 0.417. The standard InChI is InChI=1S/C24H29N3O4S2/c1-18-10-12-26(13-11-18)33(30,31)20-8-9-22-21(14-20)27(24(29)17-32-22)16-23(28)25(2)15-19-6-4-3-5-7-19/h3-9,14,18H,10-13,15-17H2,1-2H3. The zero-order chi connectivity index (χ0) is 23.6. The molecule has 0 bridgehead atoms. The van der Waals surface area contributed by atoms with Crippen LogP contribution < -0.4 is 4.90 Å². The van der Waals surface area contributed by atoms with Crippen molar-refractivity contribution < 1.29 is 18.0 Å². The van der Waals surface area contributed by atoms with Crippen molar-refractivity contribution in [3.63, 3.8) is 0 Å². The Labute approximate surface area is 199 Å². The first-order chi connectivity index (χ1) is 15.8. The van der Waals surface area contributed by atoms with Crippen LogP contribution >= 0.6 is 11.8 Å². The Morgan fingerprint density at radius 1 is 1.12 bits per heavy atom. The third-order valence-electron chi connectivity index (χ3n) is 6.24. The number of benzene rings is 2. The molecule has 0 N–H and O–H groups in total. The van der Waals surface area contributed by atoms with Gasteiger partial charge in [0.05, 0.1) is 16.3 Å². The van der Waals surface area contributed by atoms with Gasteiger partial charge in [-0.25, -0.2) is 8.42 Å². The minimum Gasteiger partial charge on any atom is -0.340 e. The number of anilines is 1. The monoisotopic (exact) mass is 487 g/mol. The van der Waals surface area contributed by atoms with E-state index >= 15 is 0 Å². The van der Waals surface area contributed by atoms with Crippen LogP contribution in [0.5, 0.6) is 0 Å². The van der Waals surface area contributed by atoms with E-state index in [9.17, 15) is 18.0 Å². The summed E-state index contributed by atoms with van der Waals surface area (Å²) in [6.45, 7) is 3.45. The molecule has 2 aliphatic rings. The highest BCUT2D eigenvalue weighted by Gasteiger charge is 2.32. The highest BCUT2D eigenvalue weighted by molar-refractivity contribution is 8.00. The smallest absolute Gasteiger partial charge is 0.243 e. The summed E-state index contributed by atoms with van der Waals surface area (Å²) in [5.74, 6) is 0.334. The summed E-state index contributed by atoms with van der Waals surface area (Å²) in [6, 6.07) is 14.5. The molecular formula is C24H29N3O4S2. The quantitative estimate of drug-likeness (QED) is 0.625. The van der Waals surface area contributed by atoms with Crippen molar-refractivity contribution in [1.82, 2.24) is 9.21 Å². The van der Waals surface area contributed by atoms with E-state index in [1.165, 1.54) is 21.0 Å². The summed E-state index contributed by atoms with van der Waals surface area (Å²) in [4.78, 5) is 29.7. The molecule has 33 heavy (non-hydrogen) atoms. The van der Waals surface area contributed by atoms with Gasteiger partial charge in [-0.05, 0) is 42.5 Å². The van der Waals surface area contributed by atoms with Gasteiger partial charge in [-0.2, -0.15) is 4.31 Å². The van der Waals surface area contributed by atoms with Crippen LogP contribution in [0.4, 0.5) is 5.69 Å². The molecule has 0 spiro atoms. The number of amides is 2. The van der Waals surface area contributed by atoms with Gasteiger partial charge in [0.1, 0.15) is 6.54 Å². The van der Waals surface area contributed by atoms with Crippen LogP contribution in [0.15, 0.2) is 58.3 Å². The lowest BCUT2D eigenvalue weighted by Gasteiger charge is -2.32. The number of carbonyl (C=O) groups is 2. The molecule has 2 aromatic carbocycles. The Kier molecular flexibility index (Phi) is 7.11. The lowest BCUT2D eigenvalue weighted by molar-refractivity contribution is -0.130. The minimum atomic E-state index is -3.65. The second-order valence-corrected chi connectivity index (χ2v) is 11.7. The van der Waals surface area contributed by atoms with Crippen LogP contribution in [-0.2, 0) is 26.2 Å². The number of carbonyl (C=O) groups excluding carboxylic acids is 2. The zero-order valence-electron chi connectivity index (χ0n) is 18.9. The van der Waals surface area contributed by atoms with Crippen LogP contribution in [0.25, 0.3) is 0 Å². The summed E-state index contributed by atoms with van der Waals surface area (Å²) < 4.78 is 28.0. The van der Waals surface area contributed by atoms with Crippen molar-refractivity contribution in [2.24, 2.45) is 5.92 Å². The van der Waals surface area contributed by atoms with Gasteiger partial charge in [-0.3, -0.25) is 9.59 Å². The van der Waals surface area contributed by atoms with E-state index in [0.29, 0.717) is 31.2 Å². The largest absolute Gasteiger partial charge is 0.340 e. The van der Waals surface area contributed by atoms with E-state index in [0.717, 1.165) is 23.3 Å². The molecule has 0 unspecified atom stereocenters. The number of nitrogens with zero attached hydrogens (tertiary/aromatic N) is 3. The van der Waals surface area contributed by atoms with Gasteiger partial charge in [-0.15, -0.1) is 11.8 Å². The summed E-state index contributed by atoms with van der Waals surface area (Å²) in [6.07, 6.45) is 1.68. The molecule has 2 amide bonds. The summed E-state index contributed by atoms with van der Waals surface area (Å²) in [5, 5.41) is 0. The molecule has 0 radical (unpaired) electrons. The second-order valence-electron chi connectivity index (χ2n) is 8.72. The number of thioether (sulfide) groups is 1. The average molecular weight is 488 g/mol. The molecule has 1 saturated heterocycles. The van der Waals surface area contributed by atoms with Gasteiger partial charge < -0.3 is 9.80 Å². The van der Waals surface area contributed by atoms with Gasteiger partial charge in [0.25, 0.3) is 0 Å². The van der Waals surface area contributed by atoms with E-state index in [2.05, 4.69) is 6.92 Å². The Hall–Kier alpha value is -2.36. The van der Waals surface area contributed by atoms with Crippen molar-refractivity contribution >= 4 is 39.3 Å². The first-order valence-corrected chi connectivity index (χ1v) is 13.5. The predicted molar refractivity (Wildman–Crippen MR) is 130 cm³/mol. The molecule has 2 aliphatic heterocycles. The van der Waals surface area contributed by atoms with Crippen molar-refractivity contribution in [2.45, 2.75) is 36.1 Å². The van der Waals surface area contributed by atoms with Crippen LogP contribution in [0.1, 0.15) is 25.3 Å². The molecule has 1 fully saturated rings. The van der Waals surface area contributed by atoms with Gasteiger partial charge >= 0.3 is 0 Å². The van der Waals surface area contributed by atoms with Crippen molar-refractivity contribution in [1.29, 1.82) is 0 Å². The molecule has 176 valence electrons. The van der Waals surface area contributed by atoms with Crippen molar-refractivity contribution in [3.8, 4) is 0 Å². The van der Waals surface area contributed by atoms with E-state index in [1.807, 2.05) is 30.3 Å². The van der Waals surface area contributed by atoms with E-state index in [1.54, 1.807) is 30.1 Å². The fourth-order valence-electron chi connectivity index (χ4n) is 4.09. The third-order valence-corrected chi connectivity index (χ3v) is 9.18. The van der Waals surface area contributed by atoms with E-state index in [-0.39, 0.29) is 29.0 Å². The molecule has 0 saturated carbocycles. The van der Waals surface area contributed by atoms with Crippen LogP contribution in [0.3, 0.4) is 0 Å². The Bertz CT molecular complexity index is 1130. The van der Waals surface area contributed by atoms with Gasteiger partial charge in [0.2, 0.25) is 21.8 Å². The normalized spacial score (nSPS) is 17.6. The summed E-state index contributed by atoms with van der Waals surface area (Å²) in [5.41, 5.74) is 1.49. The van der Waals surface area contributed by atoms with Crippen LogP contribution in [0, 0.1) is 5.92 Å². The maximum absolute atomic E-state index is 13.2. The van der Waals surface area contributed by atoms with Crippen LogP contribution in [-0.4, -0.2) is 61.9 Å². The Morgan fingerprint density at radius 3 is 2.52 bits per heavy atom. The number of likely N-dealkylation sites (N-methyl/N-ethyl adjacent to an activating group) is 1. The Morgan fingerprint density at radius 2 is 1.82 bits per heavy atom. The third kappa shape index (κ3) is 5.26. The van der Waals surface area contributed by atoms with Crippen molar-refractivity contribution in [2.75, 3.05) is 37.3 Å². The Balaban J connectivity index is 1.55. The minimum absolute atomic E-state index is 0.125. The maximum Gasteiger partial charge on any atom is 0.243 e. The van der Waals surface area contributed by atoms with Gasteiger partial charge in [0, 0.05) is 31.6 Å². The number of piperidine rings is 1. The second kappa shape index (κ2) is 9.87. The zero-order valence-corrected chi connectivity index (χ0v) is 20.6. The molecule has 4 rings (SSSR count).